The van der Waals surface area contributed by atoms with Crippen molar-refractivity contribution in [1.29, 1.82) is 0 Å². The number of benzene rings is 1. The Morgan fingerprint density at radius 2 is 2.11 bits per heavy atom. The molecule has 0 saturated carbocycles. The summed E-state index contributed by atoms with van der Waals surface area (Å²) in [7, 11) is 1.60. The Kier molecular flexibility index (Phi) is 4.70. The average molecular weight is 282 g/mol. The molecule has 0 radical (unpaired) electrons. The lowest BCUT2D eigenvalue weighted by atomic mass is 9.98. The van der Waals surface area contributed by atoms with Crippen LogP contribution in [0, 0.1) is 5.92 Å². The number of piperidine rings is 1. The smallest absolute Gasteiger partial charge is 0.227 e. The number of carbonyl (C=O) groups excluding carboxylic acids is 1. The first-order valence-electron chi connectivity index (χ1n) is 6.70. The largest absolute Gasteiger partial charge is 0.497 e. The highest BCUT2D eigenvalue weighted by Crippen LogP contribution is 2.24. The molecule has 1 saturated heterocycles. The maximum Gasteiger partial charge on any atom is 0.227 e. The number of methoxy groups -OCH3 is 1. The van der Waals surface area contributed by atoms with Gasteiger partial charge in [-0.15, -0.1) is 0 Å². The van der Waals surface area contributed by atoms with Gasteiger partial charge in [-0.05, 0) is 36.5 Å². The second-order valence-corrected chi connectivity index (χ2v) is 5.60. The Morgan fingerprint density at radius 3 is 2.68 bits per heavy atom. The van der Waals surface area contributed by atoms with Crippen molar-refractivity contribution in [1.82, 2.24) is 4.90 Å². The molecule has 1 aliphatic rings. The lowest BCUT2D eigenvalue weighted by molar-refractivity contribution is -0.131. The van der Waals surface area contributed by atoms with Gasteiger partial charge in [-0.2, -0.15) is 0 Å². The Hall–Kier alpha value is -1.22. The van der Waals surface area contributed by atoms with E-state index in [1.54, 1.807) is 13.2 Å². The van der Waals surface area contributed by atoms with Crippen molar-refractivity contribution in [2.24, 2.45) is 5.92 Å². The van der Waals surface area contributed by atoms with E-state index in [4.69, 9.17) is 16.3 Å². The topological polar surface area (TPSA) is 29.5 Å². The lowest BCUT2D eigenvalue weighted by Gasteiger charge is -2.30. The molecule has 2 rings (SSSR count). The van der Waals surface area contributed by atoms with Crippen LogP contribution in [-0.2, 0) is 11.2 Å². The van der Waals surface area contributed by atoms with E-state index in [9.17, 15) is 4.79 Å². The van der Waals surface area contributed by atoms with Crippen molar-refractivity contribution >= 4 is 17.5 Å². The number of likely N-dealkylation sites (tertiary alicyclic amines) is 1. The summed E-state index contributed by atoms with van der Waals surface area (Å²) < 4.78 is 5.10. The second kappa shape index (κ2) is 6.29. The average Bonchev–Trinajstić information content (AvgIpc) is 2.41. The summed E-state index contributed by atoms with van der Waals surface area (Å²) in [6.07, 6.45) is 2.57. The lowest BCUT2D eigenvalue weighted by Crippen LogP contribution is -2.38. The van der Waals surface area contributed by atoms with Crippen LogP contribution in [0.5, 0.6) is 5.75 Å². The van der Waals surface area contributed by atoms with Gasteiger partial charge in [0, 0.05) is 18.1 Å². The highest BCUT2D eigenvalue weighted by Gasteiger charge is 2.20. The van der Waals surface area contributed by atoms with E-state index in [1.165, 1.54) is 0 Å². The third-order valence-electron chi connectivity index (χ3n) is 3.74. The predicted molar refractivity (Wildman–Crippen MR) is 76.7 cm³/mol. The first-order valence-corrected chi connectivity index (χ1v) is 7.08. The molecule has 4 heteroatoms. The van der Waals surface area contributed by atoms with Crippen LogP contribution in [0.15, 0.2) is 18.2 Å². The number of ether oxygens (including phenoxy) is 1. The summed E-state index contributed by atoms with van der Waals surface area (Å²) >= 11 is 6.16. The molecule has 1 heterocycles. The summed E-state index contributed by atoms with van der Waals surface area (Å²) in [6.45, 7) is 3.98. The van der Waals surface area contributed by atoms with Gasteiger partial charge in [-0.1, -0.05) is 24.6 Å². The first-order chi connectivity index (χ1) is 9.10. The number of halogens is 1. The van der Waals surface area contributed by atoms with Crippen LogP contribution in [0.1, 0.15) is 25.3 Å². The van der Waals surface area contributed by atoms with Crippen molar-refractivity contribution in [3.63, 3.8) is 0 Å². The van der Waals surface area contributed by atoms with Gasteiger partial charge in [0.2, 0.25) is 5.91 Å². The fourth-order valence-corrected chi connectivity index (χ4v) is 2.57. The molecule has 0 unspecified atom stereocenters. The van der Waals surface area contributed by atoms with Crippen LogP contribution >= 0.6 is 11.6 Å². The molecule has 19 heavy (non-hydrogen) atoms. The van der Waals surface area contributed by atoms with Gasteiger partial charge in [0.25, 0.3) is 0 Å². The molecule has 1 fully saturated rings. The van der Waals surface area contributed by atoms with E-state index in [1.807, 2.05) is 17.0 Å². The van der Waals surface area contributed by atoms with Gasteiger partial charge >= 0.3 is 0 Å². The normalized spacial score (nSPS) is 16.5. The minimum atomic E-state index is 0.166. The molecule has 104 valence electrons. The van der Waals surface area contributed by atoms with Crippen molar-refractivity contribution in [3.05, 3.63) is 28.8 Å². The molecule has 0 aliphatic carbocycles. The van der Waals surface area contributed by atoms with Crippen LogP contribution in [0.2, 0.25) is 5.02 Å². The first kappa shape index (κ1) is 14.2. The van der Waals surface area contributed by atoms with E-state index in [-0.39, 0.29) is 5.91 Å². The third-order valence-corrected chi connectivity index (χ3v) is 4.09. The Bertz CT molecular complexity index is 453. The van der Waals surface area contributed by atoms with Crippen LogP contribution in [0.4, 0.5) is 0 Å². The Balaban J connectivity index is 1.99. The van der Waals surface area contributed by atoms with Gasteiger partial charge < -0.3 is 9.64 Å². The van der Waals surface area contributed by atoms with Crippen molar-refractivity contribution < 1.29 is 9.53 Å². The van der Waals surface area contributed by atoms with E-state index >= 15 is 0 Å². The molecule has 1 aromatic carbocycles. The van der Waals surface area contributed by atoms with Crippen molar-refractivity contribution in [2.75, 3.05) is 20.2 Å². The fraction of sp³-hybridized carbons (Fsp3) is 0.533. The zero-order valence-corrected chi connectivity index (χ0v) is 12.2. The zero-order chi connectivity index (χ0) is 13.8. The molecular formula is C15H20ClNO2. The number of rotatable bonds is 3. The van der Waals surface area contributed by atoms with Gasteiger partial charge in [0.05, 0.1) is 13.5 Å². The number of nitrogens with zero attached hydrogens (tertiary/aromatic N) is 1. The predicted octanol–water partition coefficient (Wildman–Crippen LogP) is 3.15. The molecular weight excluding hydrogens is 262 g/mol. The minimum Gasteiger partial charge on any atom is -0.497 e. The molecule has 1 amide bonds. The van der Waals surface area contributed by atoms with E-state index in [0.717, 1.165) is 37.4 Å². The van der Waals surface area contributed by atoms with E-state index in [0.29, 0.717) is 17.2 Å². The van der Waals surface area contributed by atoms with Crippen molar-refractivity contribution in [3.8, 4) is 5.75 Å². The van der Waals surface area contributed by atoms with Crippen molar-refractivity contribution in [2.45, 2.75) is 26.2 Å². The van der Waals surface area contributed by atoms with Crippen LogP contribution < -0.4 is 4.74 Å². The fourth-order valence-electron chi connectivity index (χ4n) is 2.33. The van der Waals surface area contributed by atoms with Gasteiger partial charge in [-0.25, -0.2) is 0 Å². The zero-order valence-electron chi connectivity index (χ0n) is 11.5. The Labute approximate surface area is 119 Å². The minimum absolute atomic E-state index is 0.166. The van der Waals surface area contributed by atoms with Gasteiger partial charge in [-0.3, -0.25) is 4.79 Å². The third kappa shape index (κ3) is 3.63. The highest BCUT2D eigenvalue weighted by molar-refractivity contribution is 6.31. The Morgan fingerprint density at radius 1 is 1.42 bits per heavy atom. The van der Waals surface area contributed by atoms with Crippen LogP contribution in [0.25, 0.3) is 0 Å². The van der Waals surface area contributed by atoms with Crippen LogP contribution in [0.3, 0.4) is 0 Å². The number of hydrogen-bond acceptors (Lipinski definition) is 2. The molecule has 0 spiro atoms. The monoisotopic (exact) mass is 281 g/mol. The summed E-state index contributed by atoms with van der Waals surface area (Å²) in [4.78, 5) is 14.2. The maximum atomic E-state index is 12.2. The summed E-state index contributed by atoms with van der Waals surface area (Å²) in [5.41, 5.74) is 0.867. The van der Waals surface area contributed by atoms with Gasteiger partial charge in [0.1, 0.15) is 5.75 Å². The SMILES string of the molecule is COc1ccc(CC(=O)N2CCC(C)CC2)c(Cl)c1. The molecule has 0 atom stereocenters. The quantitative estimate of drug-likeness (QED) is 0.852. The molecule has 0 N–H and O–H groups in total. The summed E-state index contributed by atoms with van der Waals surface area (Å²) in [5.74, 6) is 1.61. The maximum absolute atomic E-state index is 12.2. The summed E-state index contributed by atoms with van der Waals surface area (Å²) in [6, 6.07) is 5.46. The second-order valence-electron chi connectivity index (χ2n) is 5.20. The highest BCUT2D eigenvalue weighted by atomic mass is 35.5. The van der Waals surface area contributed by atoms with E-state index < -0.39 is 0 Å². The standard InChI is InChI=1S/C15H20ClNO2/c1-11-5-7-17(8-6-11)15(18)9-12-3-4-13(19-2)10-14(12)16/h3-4,10-11H,5-9H2,1-2H3. The summed E-state index contributed by atoms with van der Waals surface area (Å²) in [5, 5.41) is 0.595. The van der Waals surface area contributed by atoms with Crippen LogP contribution in [-0.4, -0.2) is 31.0 Å². The molecule has 0 aromatic heterocycles. The molecule has 3 nitrogen and oxygen atoms in total. The number of amides is 1. The molecule has 1 aliphatic heterocycles. The number of carbonyl (C=O) groups is 1. The van der Waals surface area contributed by atoms with E-state index in [2.05, 4.69) is 6.92 Å². The molecule has 0 bridgehead atoms. The molecule has 1 aromatic rings. The van der Waals surface area contributed by atoms with Gasteiger partial charge in [0.15, 0.2) is 0 Å². The number of hydrogen-bond donors (Lipinski definition) is 0.